The Morgan fingerprint density at radius 2 is 1.67 bits per heavy atom. The molecule has 0 aromatic carbocycles. The summed E-state index contributed by atoms with van der Waals surface area (Å²) in [6.45, 7) is 20.4. The van der Waals surface area contributed by atoms with E-state index in [2.05, 4.69) is 59.5 Å². The zero-order chi connectivity index (χ0) is 18.1. The van der Waals surface area contributed by atoms with Crippen LogP contribution in [-0.4, -0.2) is 51.0 Å². The van der Waals surface area contributed by atoms with E-state index in [0.29, 0.717) is 18.8 Å². The minimum absolute atomic E-state index is 0.224. The predicted molar refractivity (Wildman–Crippen MR) is 104 cm³/mol. The lowest BCUT2D eigenvalue weighted by Gasteiger charge is -2.36. The number of rotatable bonds is 4. The van der Waals surface area contributed by atoms with Crippen LogP contribution in [0.3, 0.4) is 0 Å². The van der Waals surface area contributed by atoms with Crippen molar-refractivity contribution in [2.24, 2.45) is 4.99 Å². The second kappa shape index (κ2) is 7.30. The summed E-state index contributed by atoms with van der Waals surface area (Å²) in [5.74, 6) is 1.10. The van der Waals surface area contributed by atoms with Crippen LogP contribution in [0.1, 0.15) is 54.4 Å². The van der Waals surface area contributed by atoms with Gasteiger partial charge in [0.05, 0.1) is 24.5 Å². The molecule has 2 bridgehead atoms. The first kappa shape index (κ1) is 19.7. The number of amidine groups is 1. The SMILES string of the molecule is CC(C)=C(CO[Si](C)(C)C(C)(C)C)/N=C(\C)N1CC2CCC(C1)O2. The Morgan fingerprint density at radius 3 is 2.12 bits per heavy atom. The molecule has 2 rings (SSSR count). The minimum Gasteiger partial charge on any atom is -0.411 e. The molecule has 0 aromatic heterocycles. The van der Waals surface area contributed by atoms with E-state index in [4.69, 9.17) is 14.2 Å². The van der Waals surface area contributed by atoms with Crippen molar-refractivity contribution in [1.29, 1.82) is 0 Å². The fourth-order valence-electron chi connectivity index (χ4n) is 2.90. The van der Waals surface area contributed by atoms with Crippen LogP contribution in [0.2, 0.25) is 18.1 Å². The van der Waals surface area contributed by atoms with Crippen LogP contribution in [0.5, 0.6) is 0 Å². The Labute approximate surface area is 149 Å². The number of hydrogen-bond donors (Lipinski definition) is 0. The second-order valence-corrected chi connectivity index (χ2v) is 13.8. The zero-order valence-electron chi connectivity index (χ0n) is 16.9. The Hall–Kier alpha value is -0.653. The van der Waals surface area contributed by atoms with E-state index in [1.54, 1.807) is 0 Å². The maximum atomic E-state index is 6.39. The van der Waals surface area contributed by atoms with Gasteiger partial charge in [0.15, 0.2) is 8.32 Å². The topological polar surface area (TPSA) is 34.1 Å². The van der Waals surface area contributed by atoms with Crippen LogP contribution >= 0.6 is 0 Å². The average Bonchev–Trinajstić information content (AvgIpc) is 2.80. The van der Waals surface area contributed by atoms with Gasteiger partial charge in [-0.15, -0.1) is 0 Å². The number of ether oxygens (including phenoxy) is 1. The third-order valence-electron chi connectivity index (χ3n) is 5.75. The number of allylic oxidation sites excluding steroid dienone is 1. The molecule has 24 heavy (non-hydrogen) atoms. The van der Waals surface area contributed by atoms with E-state index in [0.717, 1.165) is 24.6 Å². The molecule has 0 N–H and O–H groups in total. The molecule has 2 unspecified atom stereocenters. The lowest BCUT2D eigenvalue weighted by Crippen LogP contribution is -2.45. The number of morpholine rings is 1. The smallest absolute Gasteiger partial charge is 0.192 e. The van der Waals surface area contributed by atoms with Gasteiger partial charge in [-0.05, 0) is 51.7 Å². The largest absolute Gasteiger partial charge is 0.411 e. The van der Waals surface area contributed by atoms with E-state index in [1.165, 1.54) is 18.4 Å². The molecule has 2 aliphatic rings. The van der Waals surface area contributed by atoms with Crippen LogP contribution in [0, 0.1) is 0 Å². The molecule has 0 spiro atoms. The number of fused-ring (bicyclic) bond motifs is 2. The van der Waals surface area contributed by atoms with E-state index in [9.17, 15) is 0 Å². The van der Waals surface area contributed by atoms with E-state index >= 15 is 0 Å². The molecule has 0 aromatic rings. The second-order valence-electron chi connectivity index (χ2n) is 9.02. The van der Waals surface area contributed by atoms with E-state index < -0.39 is 8.32 Å². The Balaban J connectivity index is 2.04. The molecule has 0 amide bonds. The maximum Gasteiger partial charge on any atom is 0.192 e. The third kappa shape index (κ3) is 4.70. The van der Waals surface area contributed by atoms with Crippen molar-refractivity contribution < 1.29 is 9.16 Å². The normalized spacial score (nSPS) is 25.2. The molecular formula is C19H36N2O2Si. The molecule has 2 atom stereocenters. The van der Waals surface area contributed by atoms with Crippen molar-refractivity contribution in [3.8, 4) is 0 Å². The lowest BCUT2D eigenvalue weighted by atomic mass is 10.2. The van der Waals surface area contributed by atoms with Crippen molar-refractivity contribution in [2.75, 3.05) is 19.7 Å². The van der Waals surface area contributed by atoms with Crippen molar-refractivity contribution in [3.63, 3.8) is 0 Å². The highest BCUT2D eigenvalue weighted by Gasteiger charge is 2.37. The summed E-state index contributed by atoms with van der Waals surface area (Å²) in [5.41, 5.74) is 2.32. The summed E-state index contributed by atoms with van der Waals surface area (Å²) >= 11 is 0. The highest BCUT2D eigenvalue weighted by Crippen LogP contribution is 2.37. The first-order valence-corrected chi connectivity index (χ1v) is 12.2. The minimum atomic E-state index is -1.75. The molecule has 138 valence electrons. The fourth-order valence-corrected chi connectivity index (χ4v) is 3.83. The summed E-state index contributed by atoms with van der Waals surface area (Å²) in [5, 5.41) is 0.224. The maximum absolute atomic E-state index is 6.39. The van der Waals surface area contributed by atoms with Crippen LogP contribution in [0.15, 0.2) is 16.3 Å². The Morgan fingerprint density at radius 1 is 1.12 bits per heavy atom. The van der Waals surface area contributed by atoms with Gasteiger partial charge in [-0.3, -0.25) is 0 Å². The molecule has 0 aliphatic carbocycles. The molecule has 0 radical (unpaired) electrons. The summed E-state index contributed by atoms with van der Waals surface area (Å²) in [6.07, 6.45) is 3.18. The van der Waals surface area contributed by atoms with Crippen molar-refractivity contribution in [2.45, 2.75) is 84.7 Å². The summed E-state index contributed by atoms with van der Waals surface area (Å²) in [6, 6.07) is 0. The summed E-state index contributed by atoms with van der Waals surface area (Å²) in [4.78, 5) is 7.34. The molecule has 2 heterocycles. The Kier molecular flexibility index (Phi) is 5.98. The van der Waals surface area contributed by atoms with Crippen LogP contribution in [-0.2, 0) is 9.16 Å². The summed E-state index contributed by atoms with van der Waals surface area (Å²) in [7, 11) is -1.75. The molecule has 2 fully saturated rings. The van der Waals surface area contributed by atoms with Crippen LogP contribution < -0.4 is 0 Å². The van der Waals surface area contributed by atoms with Gasteiger partial charge < -0.3 is 14.1 Å². The van der Waals surface area contributed by atoms with Gasteiger partial charge in [0.25, 0.3) is 0 Å². The van der Waals surface area contributed by atoms with Gasteiger partial charge in [-0.1, -0.05) is 26.3 Å². The third-order valence-corrected chi connectivity index (χ3v) is 10.2. The van der Waals surface area contributed by atoms with Crippen molar-refractivity contribution in [1.82, 2.24) is 4.90 Å². The van der Waals surface area contributed by atoms with Gasteiger partial charge in [0, 0.05) is 13.1 Å². The van der Waals surface area contributed by atoms with Gasteiger partial charge in [0.2, 0.25) is 0 Å². The molecule has 2 aliphatic heterocycles. The van der Waals surface area contributed by atoms with Gasteiger partial charge in [-0.2, -0.15) is 0 Å². The van der Waals surface area contributed by atoms with Gasteiger partial charge in [0.1, 0.15) is 5.84 Å². The van der Waals surface area contributed by atoms with E-state index in [1.807, 2.05) is 0 Å². The molecular weight excluding hydrogens is 316 g/mol. The monoisotopic (exact) mass is 352 g/mol. The van der Waals surface area contributed by atoms with Crippen LogP contribution in [0.25, 0.3) is 0 Å². The first-order valence-electron chi connectivity index (χ1n) is 9.25. The highest BCUT2D eigenvalue weighted by molar-refractivity contribution is 6.74. The zero-order valence-corrected chi connectivity index (χ0v) is 17.9. The molecule has 4 nitrogen and oxygen atoms in total. The average molecular weight is 353 g/mol. The highest BCUT2D eigenvalue weighted by atomic mass is 28.4. The number of aliphatic imine (C=N–C) groups is 1. The predicted octanol–water partition coefficient (Wildman–Crippen LogP) is 4.58. The fraction of sp³-hybridized carbons (Fsp3) is 0.842. The van der Waals surface area contributed by atoms with Crippen molar-refractivity contribution >= 4 is 14.2 Å². The molecule has 0 saturated carbocycles. The quantitative estimate of drug-likeness (QED) is 0.422. The van der Waals surface area contributed by atoms with Crippen molar-refractivity contribution in [3.05, 3.63) is 11.3 Å². The molecule has 5 heteroatoms. The van der Waals surface area contributed by atoms with Gasteiger partial charge >= 0.3 is 0 Å². The van der Waals surface area contributed by atoms with E-state index in [-0.39, 0.29) is 5.04 Å². The standard InChI is InChI=1S/C19H36N2O2Si/c1-14(2)18(13-22-24(7,8)19(4,5)6)20-15(3)21-11-16-9-10-17(12-21)23-16/h16-17H,9-13H2,1-8H3/b20-15+. The van der Waals surface area contributed by atoms with Crippen LogP contribution in [0.4, 0.5) is 0 Å². The first-order chi connectivity index (χ1) is 11.0. The number of hydrogen-bond acceptors (Lipinski definition) is 3. The number of nitrogens with zero attached hydrogens (tertiary/aromatic N) is 2. The molecule has 2 saturated heterocycles. The summed E-state index contributed by atoms with van der Waals surface area (Å²) < 4.78 is 12.3. The lowest BCUT2D eigenvalue weighted by molar-refractivity contribution is -0.0159. The Bertz CT molecular complexity index is 504. The number of likely N-dealkylation sites (tertiary alicyclic amines) is 1. The van der Waals surface area contributed by atoms with Gasteiger partial charge in [-0.25, -0.2) is 4.99 Å².